The fourth-order valence-corrected chi connectivity index (χ4v) is 3.51. The van der Waals surface area contributed by atoms with E-state index in [1.54, 1.807) is 0 Å². The number of aryl methyl sites for hydroxylation is 1. The fourth-order valence-electron chi connectivity index (χ4n) is 1.89. The highest BCUT2D eigenvalue weighted by Gasteiger charge is 2.26. The maximum atomic E-state index is 13.7. The van der Waals surface area contributed by atoms with Crippen LogP contribution in [-0.2, 0) is 10.0 Å². The second kappa shape index (κ2) is 6.82. The topological polar surface area (TPSA) is 74.7 Å². The zero-order valence-electron chi connectivity index (χ0n) is 12.0. The van der Waals surface area contributed by atoms with Gasteiger partial charge in [0.2, 0.25) is 10.0 Å². The predicted molar refractivity (Wildman–Crippen MR) is 77.3 cm³/mol. The van der Waals surface area contributed by atoms with Gasteiger partial charge < -0.3 is 5.11 Å². The molecule has 0 spiro atoms. The van der Waals surface area contributed by atoms with Gasteiger partial charge in [-0.2, -0.15) is 4.31 Å². The molecule has 1 aromatic carbocycles. The van der Waals surface area contributed by atoms with E-state index in [-0.39, 0.29) is 23.5 Å². The molecule has 0 saturated heterocycles. The Hall–Kier alpha value is -1.73. The van der Waals surface area contributed by atoms with Crippen molar-refractivity contribution in [1.82, 2.24) is 4.31 Å². The van der Waals surface area contributed by atoms with Gasteiger partial charge in [-0.05, 0) is 31.0 Å². The van der Waals surface area contributed by atoms with Crippen LogP contribution in [0.2, 0.25) is 0 Å². The highest BCUT2D eigenvalue weighted by Crippen LogP contribution is 2.22. The second-order valence-electron chi connectivity index (χ2n) is 4.56. The minimum Gasteiger partial charge on any atom is -0.478 e. The number of carboxylic acid groups (broad SMARTS) is 1. The van der Waals surface area contributed by atoms with Crippen molar-refractivity contribution in [1.29, 1.82) is 0 Å². The van der Waals surface area contributed by atoms with E-state index >= 15 is 0 Å². The van der Waals surface area contributed by atoms with E-state index < -0.39 is 27.4 Å². The Morgan fingerprint density at radius 1 is 1.48 bits per heavy atom. The molecule has 0 aliphatic rings. The number of benzene rings is 1. The number of sulfonamides is 1. The summed E-state index contributed by atoms with van der Waals surface area (Å²) in [5, 5.41) is 8.96. The maximum absolute atomic E-state index is 13.7. The summed E-state index contributed by atoms with van der Waals surface area (Å²) in [6.07, 6.45) is 2.04. The smallest absolute Gasteiger partial charge is 0.338 e. The van der Waals surface area contributed by atoms with Crippen molar-refractivity contribution in [2.24, 2.45) is 0 Å². The summed E-state index contributed by atoms with van der Waals surface area (Å²) in [5.74, 6) is -2.43. The van der Waals surface area contributed by atoms with Crippen molar-refractivity contribution in [3.63, 3.8) is 0 Å². The van der Waals surface area contributed by atoms with Gasteiger partial charge in [-0.3, -0.25) is 0 Å². The number of carbonyl (C=O) groups is 1. The Kier molecular flexibility index (Phi) is 5.62. The molecule has 0 aliphatic heterocycles. The Morgan fingerprint density at radius 3 is 2.57 bits per heavy atom. The quantitative estimate of drug-likeness (QED) is 0.784. The van der Waals surface area contributed by atoms with Gasteiger partial charge >= 0.3 is 5.97 Å². The molecule has 1 aromatic rings. The molecule has 0 atom stereocenters. The summed E-state index contributed by atoms with van der Waals surface area (Å²) in [6.45, 7) is 7.04. The van der Waals surface area contributed by atoms with Gasteiger partial charge in [0.05, 0.1) is 10.5 Å². The van der Waals surface area contributed by atoms with Gasteiger partial charge in [-0.25, -0.2) is 17.6 Å². The molecule has 1 rings (SSSR count). The highest BCUT2D eigenvalue weighted by molar-refractivity contribution is 7.89. The van der Waals surface area contributed by atoms with Crippen LogP contribution in [0.25, 0.3) is 0 Å². The number of halogens is 1. The van der Waals surface area contributed by atoms with E-state index in [1.165, 1.54) is 17.3 Å². The van der Waals surface area contributed by atoms with Crippen molar-refractivity contribution < 1.29 is 22.7 Å². The van der Waals surface area contributed by atoms with Crippen LogP contribution in [0.4, 0.5) is 4.39 Å². The van der Waals surface area contributed by atoms with Crippen molar-refractivity contribution >= 4 is 16.0 Å². The fraction of sp³-hybridized carbons (Fsp3) is 0.357. The molecule has 0 unspecified atom stereocenters. The van der Waals surface area contributed by atoms with Crippen LogP contribution in [0.3, 0.4) is 0 Å². The highest BCUT2D eigenvalue weighted by atomic mass is 32.2. The summed E-state index contributed by atoms with van der Waals surface area (Å²) < 4.78 is 39.9. The van der Waals surface area contributed by atoms with Gasteiger partial charge in [0.1, 0.15) is 5.82 Å². The van der Waals surface area contributed by atoms with Gasteiger partial charge in [-0.15, -0.1) is 6.58 Å². The number of rotatable bonds is 7. The van der Waals surface area contributed by atoms with E-state index in [2.05, 4.69) is 6.58 Å². The van der Waals surface area contributed by atoms with Crippen LogP contribution < -0.4 is 0 Å². The number of hydrogen-bond acceptors (Lipinski definition) is 3. The molecule has 1 N–H and O–H groups in total. The summed E-state index contributed by atoms with van der Waals surface area (Å²) in [4.78, 5) is 10.8. The lowest BCUT2D eigenvalue weighted by Gasteiger charge is -2.20. The summed E-state index contributed by atoms with van der Waals surface area (Å²) >= 11 is 0. The van der Waals surface area contributed by atoms with E-state index in [0.29, 0.717) is 6.42 Å². The largest absolute Gasteiger partial charge is 0.478 e. The molecule has 7 heteroatoms. The normalized spacial score (nSPS) is 11.6. The van der Waals surface area contributed by atoms with E-state index in [1.807, 2.05) is 6.92 Å². The Bertz CT molecular complexity index is 655. The van der Waals surface area contributed by atoms with Crippen LogP contribution in [0.1, 0.15) is 29.3 Å². The summed E-state index contributed by atoms with van der Waals surface area (Å²) in [7, 11) is -3.89. The molecule has 0 aromatic heterocycles. The average molecular weight is 315 g/mol. The standard InChI is InChI=1S/C14H18FNO4S/c1-4-6-16(7-5-2)21(19,20)11-8-10(3)13(15)12(9-11)14(17)18/h4,8-9H,1,5-7H2,2-3H3,(H,17,18). The lowest BCUT2D eigenvalue weighted by atomic mass is 10.1. The SMILES string of the molecule is C=CCN(CCC)S(=O)(=O)c1cc(C)c(F)c(C(=O)O)c1. The molecule has 0 saturated carbocycles. The lowest BCUT2D eigenvalue weighted by molar-refractivity contribution is 0.0691. The lowest BCUT2D eigenvalue weighted by Crippen LogP contribution is -2.32. The molecule has 0 bridgehead atoms. The first kappa shape index (κ1) is 17.3. The number of carboxylic acids is 1. The Balaban J connectivity index is 3.43. The first-order chi connectivity index (χ1) is 9.75. The van der Waals surface area contributed by atoms with Gasteiger partial charge in [0.25, 0.3) is 0 Å². The minimum absolute atomic E-state index is 0.0245. The number of nitrogens with zero attached hydrogens (tertiary/aromatic N) is 1. The first-order valence-corrected chi connectivity index (χ1v) is 7.84. The van der Waals surface area contributed by atoms with E-state index in [9.17, 15) is 17.6 Å². The minimum atomic E-state index is -3.89. The van der Waals surface area contributed by atoms with E-state index in [4.69, 9.17) is 5.11 Å². The third-order valence-electron chi connectivity index (χ3n) is 2.90. The Morgan fingerprint density at radius 2 is 2.10 bits per heavy atom. The van der Waals surface area contributed by atoms with Gasteiger partial charge in [0, 0.05) is 13.1 Å². The van der Waals surface area contributed by atoms with Crippen molar-refractivity contribution in [3.8, 4) is 0 Å². The molecule has 0 aliphatic carbocycles. The molecule has 0 heterocycles. The third kappa shape index (κ3) is 3.68. The van der Waals surface area contributed by atoms with Crippen LogP contribution in [0, 0.1) is 12.7 Å². The molecule has 0 fully saturated rings. The molecular formula is C14H18FNO4S. The Labute approximate surface area is 123 Å². The summed E-state index contributed by atoms with van der Waals surface area (Å²) in [6, 6.07) is 1.99. The molecule has 21 heavy (non-hydrogen) atoms. The van der Waals surface area contributed by atoms with Crippen molar-refractivity contribution in [2.75, 3.05) is 13.1 Å². The molecule has 0 radical (unpaired) electrons. The van der Waals surface area contributed by atoms with E-state index in [0.717, 1.165) is 12.1 Å². The van der Waals surface area contributed by atoms with Crippen molar-refractivity contribution in [3.05, 3.63) is 41.7 Å². The van der Waals surface area contributed by atoms with Gasteiger partial charge in [0.15, 0.2) is 0 Å². The van der Waals surface area contributed by atoms with Crippen LogP contribution in [-0.4, -0.2) is 36.9 Å². The van der Waals surface area contributed by atoms with Crippen molar-refractivity contribution in [2.45, 2.75) is 25.2 Å². The third-order valence-corrected chi connectivity index (χ3v) is 4.74. The molecule has 5 nitrogen and oxygen atoms in total. The average Bonchev–Trinajstić information content (AvgIpc) is 2.40. The number of aromatic carboxylic acids is 1. The molecule has 0 amide bonds. The van der Waals surface area contributed by atoms with Crippen LogP contribution in [0.15, 0.2) is 29.7 Å². The maximum Gasteiger partial charge on any atom is 0.338 e. The van der Waals surface area contributed by atoms with Crippen LogP contribution >= 0.6 is 0 Å². The zero-order valence-corrected chi connectivity index (χ0v) is 12.8. The van der Waals surface area contributed by atoms with Gasteiger partial charge in [-0.1, -0.05) is 13.0 Å². The predicted octanol–water partition coefficient (Wildman–Crippen LogP) is 2.42. The van der Waals surface area contributed by atoms with Crippen LogP contribution in [0.5, 0.6) is 0 Å². The second-order valence-corrected chi connectivity index (χ2v) is 6.50. The first-order valence-electron chi connectivity index (χ1n) is 6.40. The zero-order chi connectivity index (χ0) is 16.2. The summed E-state index contributed by atoms with van der Waals surface area (Å²) in [5.41, 5.74) is -0.674. The number of hydrogen-bond donors (Lipinski definition) is 1. The molecule has 116 valence electrons. The monoisotopic (exact) mass is 315 g/mol. The molecular weight excluding hydrogens is 297 g/mol.